The minimum atomic E-state index is -3.02. The van der Waals surface area contributed by atoms with Gasteiger partial charge in [-0.25, -0.2) is 12.7 Å². The van der Waals surface area contributed by atoms with Gasteiger partial charge in [-0.05, 0) is 37.3 Å². The first-order chi connectivity index (χ1) is 8.05. The molecule has 0 atom stereocenters. The maximum Gasteiger partial charge on any atom is 0.211 e. The number of piperidine rings is 1. The van der Waals surface area contributed by atoms with Crippen molar-refractivity contribution in [2.75, 3.05) is 19.3 Å². The van der Waals surface area contributed by atoms with Crippen LogP contribution in [0.4, 0.5) is 0 Å². The lowest BCUT2D eigenvalue weighted by molar-refractivity contribution is 0.272. The molecule has 0 saturated carbocycles. The van der Waals surface area contributed by atoms with Crippen molar-refractivity contribution >= 4 is 10.0 Å². The second-order valence-electron chi connectivity index (χ2n) is 4.52. The van der Waals surface area contributed by atoms with E-state index in [1.165, 1.54) is 6.26 Å². The summed E-state index contributed by atoms with van der Waals surface area (Å²) in [5.74, 6) is 0.518. The molecule has 0 aromatic carbocycles. The molecule has 5 nitrogen and oxygen atoms in total. The summed E-state index contributed by atoms with van der Waals surface area (Å²) < 4.78 is 24.3. The van der Waals surface area contributed by atoms with Gasteiger partial charge in [0.2, 0.25) is 10.0 Å². The Morgan fingerprint density at radius 1 is 1.41 bits per heavy atom. The lowest BCUT2D eigenvalue weighted by atomic mass is 9.93. The van der Waals surface area contributed by atoms with Crippen LogP contribution in [0.25, 0.3) is 0 Å². The second-order valence-corrected chi connectivity index (χ2v) is 6.51. The number of sulfonamides is 1. The maximum absolute atomic E-state index is 11.4. The standard InChI is InChI=1S/C11H17N3O2S/c1-17(15,16)14-7-4-10(5-8-14)9-11-3-2-6-12-13-11/h2-3,6,10H,4-5,7-9H2,1H3. The molecule has 0 N–H and O–H groups in total. The molecular formula is C11H17N3O2S. The molecule has 2 heterocycles. The topological polar surface area (TPSA) is 63.2 Å². The van der Waals surface area contributed by atoms with Gasteiger partial charge in [0.1, 0.15) is 0 Å². The third kappa shape index (κ3) is 3.47. The molecule has 0 bridgehead atoms. The van der Waals surface area contributed by atoms with E-state index in [0.717, 1.165) is 25.0 Å². The van der Waals surface area contributed by atoms with Gasteiger partial charge in [0.15, 0.2) is 0 Å². The Morgan fingerprint density at radius 3 is 2.65 bits per heavy atom. The van der Waals surface area contributed by atoms with Gasteiger partial charge in [-0.2, -0.15) is 10.2 Å². The summed E-state index contributed by atoms with van der Waals surface area (Å²) >= 11 is 0. The minimum Gasteiger partial charge on any atom is -0.213 e. The highest BCUT2D eigenvalue weighted by atomic mass is 32.2. The molecule has 0 unspecified atom stereocenters. The van der Waals surface area contributed by atoms with Crippen LogP contribution in [0.5, 0.6) is 0 Å². The molecule has 0 spiro atoms. The molecular weight excluding hydrogens is 238 g/mol. The number of rotatable bonds is 3. The lowest BCUT2D eigenvalue weighted by Gasteiger charge is -2.29. The summed E-state index contributed by atoms with van der Waals surface area (Å²) in [5, 5.41) is 7.91. The Hall–Kier alpha value is -1.01. The van der Waals surface area contributed by atoms with E-state index in [2.05, 4.69) is 10.2 Å². The van der Waals surface area contributed by atoms with E-state index in [1.54, 1.807) is 10.5 Å². The van der Waals surface area contributed by atoms with Gasteiger partial charge in [0.25, 0.3) is 0 Å². The fourth-order valence-electron chi connectivity index (χ4n) is 2.18. The highest BCUT2D eigenvalue weighted by molar-refractivity contribution is 7.88. The van der Waals surface area contributed by atoms with E-state index >= 15 is 0 Å². The van der Waals surface area contributed by atoms with Crippen LogP contribution in [-0.4, -0.2) is 42.3 Å². The molecule has 17 heavy (non-hydrogen) atoms. The first-order valence-corrected chi connectivity index (χ1v) is 7.62. The van der Waals surface area contributed by atoms with E-state index in [0.29, 0.717) is 19.0 Å². The largest absolute Gasteiger partial charge is 0.213 e. The zero-order chi connectivity index (χ0) is 12.3. The van der Waals surface area contributed by atoms with Gasteiger partial charge in [-0.1, -0.05) is 0 Å². The molecule has 1 aromatic heterocycles. The van der Waals surface area contributed by atoms with Crippen molar-refractivity contribution < 1.29 is 8.42 Å². The first-order valence-electron chi connectivity index (χ1n) is 5.77. The van der Waals surface area contributed by atoms with Crippen molar-refractivity contribution in [1.82, 2.24) is 14.5 Å². The van der Waals surface area contributed by atoms with Crippen LogP contribution in [0.2, 0.25) is 0 Å². The quantitative estimate of drug-likeness (QED) is 0.797. The zero-order valence-electron chi connectivity index (χ0n) is 9.91. The van der Waals surface area contributed by atoms with Gasteiger partial charge in [-0.15, -0.1) is 0 Å². The molecule has 0 amide bonds. The van der Waals surface area contributed by atoms with Crippen molar-refractivity contribution in [2.45, 2.75) is 19.3 Å². The normalized spacial score (nSPS) is 19.4. The van der Waals surface area contributed by atoms with Crippen LogP contribution in [0, 0.1) is 5.92 Å². The summed E-state index contributed by atoms with van der Waals surface area (Å²) in [4.78, 5) is 0. The van der Waals surface area contributed by atoms with Crippen LogP contribution in [0.1, 0.15) is 18.5 Å². The Bertz CT molecular complexity index is 453. The Morgan fingerprint density at radius 2 is 2.12 bits per heavy atom. The van der Waals surface area contributed by atoms with Crippen LogP contribution in [0.15, 0.2) is 18.3 Å². The van der Waals surface area contributed by atoms with Crippen LogP contribution in [0.3, 0.4) is 0 Å². The average Bonchev–Trinajstić information content (AvgIpc) is 2.30. The van der Waals surface area contributed by atoms with Crippen LogP contribution >= 0.6 is 0 Å². The van der Waals surface area contributed by atoms with Gasteiger partial charge < -0.3 is 0 Å². The van der Waals surface area contributed by atoms with Crippen molar-refractivity contribution in [1.29, 1.82) is 0 Å². The molecule has 1 aliphatic rings. The van der Waals surface area contributed by atoms with E-state index in [9.17, 15) is 8.42 Å². The molecule has 94 valence electrons. The SMILES string of the molecule is CS(=O)(=O)N1CCC(Cc2cccnn2)CC1. The van der Waals surface area contributed by atoms with Crippen LogP contribution < -0.4 is 0 Å². The minimum absolute atomic E-state index is 0.518. The smallest absolute Gasteiger partial charge is 0.211 e. The summed E-state index contributed by atoms with van der Waals surface area (Å²) in [5.41, 5.74) is 0.991. The van der Waals surface area contributed by atoms with Crippen molar-refractivity contribution in [3.63, 3.8) is 0 Å². The zero-order valence-corrected chi connectivity index (χ0v) is 10.7. The number of hydrogen-bond donors (Lipinski definition) is 0. The van der Waals surface area contributed by atoms with Crippen molar-refractivity contribution in [2.24, 2.45) is 5.92 Å². The van der Waals surface area contributed by atoms with Gasteiger partial charge in [0.05, 0.1) is 11.9 Å². The van der Waals surface area contributed by atoms with E-state index < -0.39 is 10.0 Å². The highest BCUT2D eigenvalue weighted by Gasteiger charge is 2.25. The predicted molar refractivity (Wildman–Crippen MR) is 64.9 cm³/mol. The number of nitrogens with zero attached hydrogens (tertiary/aromatic N) is 3. The number of aromatic nitrogens is 2. The molecule has 1 aliphatic heterocycles. The lowest BCUT2D eigenvalue weighted by Crippen LogP contribution is -2.38. The third-order valence-electron chi connectivity index (χ3n) is 3.17. The Balaban J connectivity index is 1.88. The molecule has 1 fully saturated rings. The number of hydrogen-bond acceptors (Lipinski definition) is 4. The third-order valence-corrected chi connectivity index (χ3v) is 4.47. The molecule has 1 aromatic rings. The van der Waals surface area contributed by atoms with E-state index in [-0.39, 0.29) is 0 Å². The van der Waals surface area contributed by atoms with Gasteiger partial charge >= 0.3 is 0 Å². The van der Waals surface area contributed by atoms with E-state index in [1.807, 2.05) is 12.1 Å². The molecule has 0 radical (unpaired) electrons. The maximum atomic E-state index is 11.4. The molecule has 2 rings (SSSR count). The second kappa shape index (κ2) is 5.10. The fourth-order valence-corrected chi connectivity index (χ4v) is 3.06. The van der Waals surface area contributed by atoms with Gasteiger partial charge in [-0.3, -0.25) is 0 Å². The fraction of sp³-hybridized carbons (Fsp3) is 0.636. The summed E-state index contributed by atoms with van der Waals surface area (Å²) in [6.45, 7) is 1.26. The average molecular weight is 255 g/mol. The van der Waals surface area contributed by atoms with Crippen LogP contribution in [-0.2, 0) is 16.4 Å². The summed E-state index contributed by atoms with van der Waals surface area (Å²) in [6, 6.07) is 3.85. The summed E-state index contributed by atoms with van der Waals surface area (Å²) in [6.07, 6.45) is 5.64. The van der Waals surface area contributed by atoms with E-state index in [4.69, 9.17) is 0 Å². The monoisotopic (exact) mass is 255 g/mol. The first kappa shape index (κ1) is 12.4. The molecule has 1 saturated heterocycles. The predicted octanol–water partition coefficient (Wildman–Crippen LogP) is 0.691. The Kier molecular flexibility index (Phi) is 3.73. The van der Waals surface area contributed by atoms with Gasteiger partial charge in [0, 0.05) is 19.3 Å². The van der Waals surface area contributed by atoms with Crippen molar-refractivity contribution in [3.8, 4) is 0 Å². The highest BCUT2D eigenvalue weighted by Crippen LogP contribution is 2.21. The summed E-state index contributed by atoms with van der Waals surface area (Å²) in [7, 11) is -3.02. The van der Waals surface area contributed by atoms with Crippen molar-refractivity contribution in [3.05, 3.63) is 24.0 Å². The molecule has 0 aliphatic carbocycles. The molecule has 6 heteroatoms. The Labute approximate surface area is 102 Å².